The van der Waals surface area contributed by atoms with Crippen LogP contribution in [0.2, 0.25) is 0 Å². The summed E-state index contributed by atoms with van der Waals surface area (Å²) < 4.78 is 0. The van der Waals surface area contributed by atoms with Crippen LogP contribution in [0.5, 0.6) is 0 Å². The highest BCUT2D eigenvalue weighted by molar-refractivity contribution is 4.66. The second-order valence-corrected chi connectivity index (χ2v) is 2.95. The van der Waals surface area contributed by atoms with E-state index in [2.05, 4.69) is 0 Å². The van der Waals surface area contributed by atoms with Crippen molar-refractivity contribution in [1.29, 1.82) is 0 Å². The van der Waals surface area contributed by atoms with Gasteiger partial charge < -0.3 is 15.3 Å². The molecule has 0 saturated carbocycles. The molecular formula is C7H16O3. The fourth-order valence-electron chi connectivity index (χ4n) is 0.762. The number of aliphatic hydroxyl groups is 3. The summed E-state index contributed by atoms with van der Waals surface area (Å²) in [6.07, 6.45) is -1.24. The molecule has 0 aromatic heterocycles. The van der Waals surface area contributed by atoms with E-state index in [1.807, 2.05) is 13.8 Å². The summed E-state index contributed by atoms with van der Waals surface area (Å²) in [6, 6.07) is 0. The van der Waals surface area contributed by atoms with Gasteiger partial charge in [-0.1, -0.05) is 13.8 Å². The van der Waals surface area contributed by atoms with E-state index in [4.69, 9.17) is 15.3 Å². The maximum absolute atomic E-state index is 9.08. The molecule has 10 heavy (non-hydrogen) atoms. The Balaban J connectivity index is 3.50. The standard InChI is InChI=1S/C7H16O3/c1-5(2)3-6(9)7(10)4-8/h5-10H,3-4H2,1-2H3. The maximum Gasteiger partial charge on any atom is 0.103 e. The predicted octanol–water partition coefficient (Wildman–Crippen LogP) is -0.253. The van der Waals surface area contributed by atoms with Gasteiger partial charge in [0, 0.05) is 0 Å². The van der Waals surface area contributed by atoms with Crippen LogP contribution >= 0.6 is 0 Å². The zero-order valence-corrected chi connectivity index (χ0v) is 6.49. The summed E-state index contributed by atoms with van der Waals surface area (Å²) in [6.45, 7) is 3.54. The monoisotopic (exact) mass is 148 g/mol. The van der Waals surface area contributed by atoms with Crippen molar-refractivity contribution in [2.75, 3.05) is 6.61 Å². The number of aliphatic hydroxyl groups excluding tert-OH is 3. The molecule has 2 atom stereocenters. The normalized spacial score (nSPS) is 17.4. The lowest BCUT2D eigenvalue weighted by Crippen LogP contribution is -2.30. The molecule has 0 spiro atoms. The molecule has 0 radical (unpaired) electrons. The molecule has 2 unspecified atom stereocenters. The fraction of sp³-hybridized carbons (Fsp3) is 1.00. The molecule has 0 amide bonds. The molecule has 0 aliphatic carbocycles. The van der Waals surface area contributed by atoms with Gasteiger partial charge in [-0.15, -0.1) is 0 Å². The van der Waals surface area contributed by atoms with E-state index in [9.17, 15) is 0 Å². The van der Waals surface area contributed by atoms with E-state index in [1.54, 1.807) is 0 Å². The van der Waals surface area contributed by atoms with Gasteiger partial charge in [0.25, 0.3) is 0 Å². The fourth-order valence-corrected chi connectivity index (χ4v) is 0.762. The Morgan fingerprint density at radius 1 is 1.10 bits per heavy atom. The predicted molar refractivity (Wildman–Crippen MR) is 38.6 cm³/mol. The van der Waals surface area contributed by atoms with Crippen molar-refractivity contribution >= 4 is 0 Å². The third kappa shape index (κ3) is 3.82. The van der Waals surface area contributed by atoms with Gasteiger partial charge >= 0.3 is 0 Å². The first-order valence-electron chi connectivity index (χ1n) is 3.55. The van der Waals surface area contributed by atoms with Crippen molar-refractivity contribution in [3.05, 3.63) is 0 Å². The number of hydrogen-bond acceptors (Lipinski definition) is 3. The van der Waals surface area contributed by atoms with E-state index < -0.39 is 12.2 Å². The summed E-state index contributed by atoms with van der Waals surface area (Å²) in [7, 11) is 0. The molecule has 3 N–H and O–H groups in total. The van der Waals surface area contributed by atoms with Gasteiger partial charge in [0.1, 0.15) is 6.10 Å². The van der Waals surface area contributed by atoms with Gasteiger partial charge in [-0.3, -0.25) is 0 Å². The Morgan fingerprint density at radius 3 is 1.90 bits per heavy atom. The maximum atomic E-state index is 9.08. The second-order valence-electron chi connectivity index (χ2n) is 2.95. The van der Waals surface area contributed by atoms with Crippen molar-refractivity contribution < 1.29 is 15.3 Å². The highest BCUT2D eigenvalue weighted by Crippen LogP contribution is 2.07. The van der Waals surface area contributed by atoms with Gasteiger partial charge in [0.05, 0.1) is 12.7 Å². The molecule has 62 valence electrons. The van der Waals surface area contributed by atoms with Crippen molar-refractivity contribution in [2.45, 2.75) is 32.5 Å². The second kappa shape index (κ2) is 4.66. The number of hydrogen-bond donors (Lipinski definition) is 3. The summed E-state index contributed by atoms with van der Waals surface area (Å²) in [4.78, 5) is 0. The average molecular weight is 148 g/mol. The quantitative estimate of drug-likeness (QED) is 0.515. The molecule has 0 fully saturated rings. The Hall–Kier alpha value is -0.120. The highest BCUT2D eigenvalue weighted by Gasteiger charge is 2.15. The highest BCUT2D eigenvalue weighted by atomic mass is 16.4. The van der Waals surface area contributed by atoms with Crippen molar-refractivity contribution in [3.63, 3.8) is 0 Å². The minimum Gasteiger partial charge on any atom is -0.394 e. The number of rotatable bonds is 4. The third-order valence-corrected chi connectivity index (χ3v) is 1.34. The molecule has 0 rings (SSSR count). The zero-order valence-electron chi connectivity index (χ0n) is 6.49. The summed E-state index contributed by atoms with van der Waals surface area (Å²) >= 11 is 0. The molecule has 3 nitrogen and oxygen atoms in total. The van der Waals surface area contributed by atoms with E-state index in [0.29, 0.717) is 12.3 Å². The average Bonchev–Trinajstić information content (AvgIpc) is 1.85. The molecular weight excluding hydrogens is 132 g/mol. The molecule has 0 aliphatic rings. The molecule has 0 aromatic rings. The van der Waals surface area contributed by atoms with Gasteiger partial charge in [-0.2, -0.15) is 0 Å². The molecule has 0 aliphatic heterocycles. The lowest BCUT2D eigenvalue weighted by atomic mass is 10.0. The third-order valence-electron chi connectivity index (χ3n) is 1.34. The smallest absolute Gasteiger partial charge is 0.103 e. The summed E-state index contributed by atoms with van der Waals surface area (Å²) in [5.74, 6) is 0.344. The van der Waals surface area contributed by atoms with Gasteiger partial charge in [0.2, 0.25) is 0 Å². The van der Waals surface area contributed by atoms with Crippen molar-refractivity contribution in [3.8, 4) is 0 Å². The van der Waals surface area contributed by atoms with Crippen LogP contribution in [-0.4, -0.2) is 34.1 Å². The van der Waals surface area contributed by atoms with Gasteiger partial charge in [-0.05, 0) is 12.3 Å². The molecule has 0 bridgehead atoms. The molecule has 3 heteroatoms. The zero-order chi connectivity index (χ0) is 8.15. The van der Waals surface area contributed by atoms with Crippen LogP contribution in [0.1, 0.15) is 20.3 Å². The molecule has 0 aromatic carbocycles. The van der Waals surface area contributed by atoms with Crippen LogP contribution < -0.4 is 0 Å². The summed E-state index contributed by atoms with van der Waals surface area (Å²) in [5, 5.41) is 26.4. The lowest BCUT2D eigenvalue weighted by molar-refractivity contribution is -0.0228. The van der Waals surface area contributed by atoms with Crippen LogP contribution in [-0.2, 0) is 0 Å². The first kappa shape index (κ1) is 9.88. The van der Waals surface area contributed by atoms with Crippen molar-refractivity contribution in [1.82, 2.24) is 0 Å². The Labute approximate surface area is 61.3 Å². The topological polar surface area (TPSA) is 60.7 Å². The van der Waals surface area contributed by atoms with E-state index >= 15 is 0 Å². The Morgan fingerprint density at radius 2 is 1.60 bits per heavy atom. The van der Waals surface area contributed by atoms with E-state index in [0.717, 1.165) is 0 Å². The molecule has 0 heterocycles. The van der Waals surface area contributed by atoms with E-state index in [1.165, 1.54) is 0 Å². The van der Waals surface area contributed by atoms with Crippen LogP contribution in [0.15, 0.2) is 0 Å². The lowest BCUT2D eigenvalue weighted by Gasteiger charge is -2.16. The minimum absolute atomic E-state index is 0.344. The minimum atomic E-state index is -0.984. The molecule has 0 saturated heterocycles. The van der Waals surface area contributed by atoms with Crippen molar-refractivity contribution in [2.24, 2.45) is 5.92 Å². The Kier molecular flexibility index (Phi) is 4.60. The first-order chi connectivity index (χ1) is 4.57. The Bertz CT molecular complexity index is 82.9. The van der Waals surface area contributed by atoms with Gasteiger partial charge in [-0.25, -0.2) is 0 Å². The van der Waals surface area contributed by atoms with Gasteiger partial charge in [0.15, 0.2) is 0 Å². The first-order valence-corrected chi connectivity index (χ1v) is 3.55. The summed E-state index contributed by atoms with van der Waals surface area (Å²) in [5.41, 5.74) is 0. The van der Waals surface area contributed by atoms with Crippen LogP contribution in [0, 0.1) is 5.92 Å². The van der Waals surface area contributed by atoms with Crippen LogP contribution in [0.4, 0.5) is 0 Å². The van der Waals surface area contributed by atoms with E-state index in [-0.39, 0.29) is 6.61 Å². The van der Waals surface area contributed by atoms with Crippen LogP contribution in [0.25, 0.3) is 0 Å². The largest absolute Gasteiger partial charge is 0.394 e. The van der Waals surface area contributed by atoms with Crippen LogP contribution in [0.3, 0.4) is 0 Å². The SMILES string of the molecule is CC(C)CC(O)C(O)CO.